The van der Waals surface area contributed by atoms with Gasteiger partial charge in [-0.05, 0) is 49.1 Å². The van der Waals surface area contributed by atoms with E-state index in [2.05, 4.69) is 30.6 Å². The first-order chi connectivity index (χ1) is 14.8. The number of carbonyl (C=O) groups excluding carboxylic acids is 1. The second kappa shape index (κ2) is 8.29. The van der Waals surface area contributed by atoms with Gasteiger partial charge in [0.1, 0.15) is 23.2 Å². The number of hydrogen-bond donors (Lipinski definition) is 2. The van der Waals surface area contributed by atoms with Gasteiger partial charge in [-0.25, -0.2) is 15.0 Å². The number of piperidine rings is 1. The highest BCUT2D eigenvalue weighted by atomic mass is 19.4. The third-order valence-corrected chi connectivity index (χ3v) is 5.06. The first-order valence-electron chi connectivity index (χ1n) is 9.63. The molecule has 0 saturated carbocycles. The lowest BCUT2D eigenvalue weighted by molar-refractivity contribution is -0.142. The molecular formula is C21H19F3N6O. The lowest BCUT2D eigenvalue weighted by Gasteiger charge is -2.31. The van der Waals surface area contributed by atoms with E-state index in [9.17, 15) is 18.0 Å². The number of anilines is 2. The van der Waals surface area contributed by atoms with E-state index in [1.807, 2.05) is 0 Å². The molecule has 0 aromatic carbocycles. The summed E-state index contributed by atoms with van der Waals surface area (Å²) < 4.78 is 40.2. The summed E-state index contributed by atoms with van der Waals surface area (Å²) in [4.78, 5) is 28.4. The second-order valence-electron chi connectivity index (χ2n) is 7.28. The molecule has 1 aliphatic heterocycles. The Hall–Kier alpha value is -3.56. The molecule has 0 bridgehead atoms. The van der Waals surface area contributed by atoms with Gasteiger partial charge in [0, 0.05) is 30.6 Å². The number of carbonyl (C=O) groups is 1. The van der Waals surface area contributed by atoms with E-state index in [1.54, 1.807) is 37.5 Å². The average molecular weight is 428 g/mol. The molecule has 7 nitrogen and oxygen atoms in total. The Balaban J connectivity index is 1.59. The molecule has 3 aromatic rings. The summed E-state index contributed by atoms with van der Waals surface area (Å²) in [6.07, 6.45) is 0.210. The third-order valence-electron chi connectivity index (χ3n) is 5.06. The number of aryl methyl sites for hydroxylation is 1. The van der Waals surface area contributed by atoms with E-state index >= 15 is 0 Å². The third kappa shape index (κ3) is 4.79. The SMILES string of the molecule is Cc1nccc(Nc2cc(C3CC(=O)NC(c4cccnc4C(F)(F)F)C3)ccn2)n1. The molecule has 1 saturated heterocycles. The Kier molecular flexibility index (Phi) is 5.53. The van der Waals surface area contributed by atoms with Gasteiger partial charge in [0.05, 0.1) is 6.04 Å². The minimum absolute atomic E-state index is 0.0306. The lowest BCUT2D eigenvalue weighted by Crippen LogP contribution is -2.37. The number of alkyl halides is 3. The number of halogens is 3. The van der Waals surface area contributed by atoms with Crippen LogP contribution in [0.3, 0.4) is 0 Å². The molecule has 10 heteroatoms. The van der Waals surface area contributed by atoms with Gasteiger partial charge in [-0.2, -0.15) is 13.2 Å². The Labute approximate surface area is 176 Å². The minimum atomic E-state index is -4.60. The van der Waals surface area contributed by atoms with Crippen LogP contribution in [-0.4, -0.2) is 25.8 Å². The van der Waals surface area contributed by atoms with Crippen LogP contribution in [0.2, 0.25) is 0 Å². The van der Waals surface area contributed by atoms with Gasteiger partial charge < -0.3 is 10.6 Å². The summed E-state index contributed by atoms with van der Waals surface area (Å²) in [6, 6.07) is 7.27. The van der Waals surface area contributed by atoms with Crippen LogP contribution in [0.15, 0.2) is 48.9 Å². The summed E-state index contributed by atoms with van der Waals surface area (Å²) >= 11 is 0. The fourth-order valence-corrected chi connectivity index (χ4v) is 3.72. The van der Waals surface area contributed by atoms with E-state index in [0.717, 1.165) is 11.8 Å². The normalized spacial score (nSPS) is 19.0. The van der Waals surface area contributed by atoms with Crippen molar-refractivity contribution in [1.29, 1.82) is 0 Å². The molecule has 0 spiro atoms. The van der Waals surface area contributed by atoms with Crippen LogP contribution in [0.25, 0.3) is 0 Å². The maximum Gasteiger partial charge on any atom is 0.433 e. The standard InChI is InChI=1S/C21H19F3N6O/c1-12-25-8-5-17(28-12)30-18-10-13(4-7-26-18)14-9-16(29-19(31)11-14)15-3-2-6-27-20(15)21(22,23)24/h2-8,10,14,16H,9,11H2,1H3,(H,29,31)(H,25,26,28,30). The van der Waals surface area contributed by atoms with Gasteiger partial charge in [0.2, 0.25) is 5.91 Å². The number of aromatic nitrogens is 4. The fraction of sp³-hybridized carbons (Fsp3) is 0.286. The van der Waals surface area contributed by atoms with Gasteiger partial charge >= 0.3 is 6.18 Å². The van der Waals surface area contributed by atoms with Gasteiger partial charge in [-0.15, -0.1) is 0 Å². The number of nitrogens with one attached hydrogen (secondary N) is 2. The summed E-state index contributed by atoms with van der Waals surface area (Å²) in [5, 5.41) is 5.76. The highest BCUT2D eigenvalue weighted by Gasteiger charge is 2.39. The van der Waals surface area contributed by atoms with Crippen LogP contribution in [0, 0.1) is 6.92 Å². The summed E-state index contributed by atoms with van der Waals surface area (Å²) in [5.74, 6) is 1.12. The van der Waals surface area contributed by atoms with Gasteiger partial charge in [-0.3, -0.25) is 9.78 Å². The number of rotatable bonds is 4. The Morgan fingerprint density at radius 2 is 1.87 bits per heavy atom. The molecule has 31 heavy (non-hydrogen) atoms. The molecule has 1 aliphatic rings. The molecule has 4 rings (SSSR count). The second-order valence-corrected chi connectivity index (χ2v) is 7.28. The zero-order chi connectivity index (χ0) is 22.0. The van der Waals surface area contributed by atoms with Crippen molar-refractivity contribution < 1.29 is 18.0 Å². The van der Waals surface area contributed by atoms with E-state index in [4.69, 9.17) is 0 Å². The average Bonchev–Trinajstić information content (AvgIpc) is 2.73. The molecule has 3 aromatic heterocycles. The number of hydrogen-bond acceptors (Lipinski definition) is 6. The van der Waals surface area contributed by atoms with Crippen molar-refractivity contribution in [2.75, 3.05) is 5.32 Å². The molecular weight excluding hydrogens is 409 g/mol. The van der Waals surface area contributed by atoms with Gasteiger partial charge in [0.25, 0.3) is 0 Å². The fourth-order valence-electron chi connectivity index (χ4n) is 3.72. The van der Waals surface area contributed by atoms with Crippen molar-refractivity contribution in [2.24, 2.45) is 0 Å². The van der Waals surface area contributed by atoms with Crippen molar-refractivity contribution in [1.82, 2.24) is 25.3 Å². The van der Waals surface area contributed by atoms with Crippen molar-refractivity contribution in [3.8, 4) is 0 Å². The predicted octanol–water partition coefficient (Wildman–Crippen LogP) is 4.07. The molecule has 1 fully saturated rings. The molecule has 2 atom stereocenters. The van der Waals surface area contributed by atoms with E-state index in [1.165, 1.54) is 12.1 Å². The van der Waals surface area contributed by atoms with E-state index in [0.29, 0.717) is 23.9 Å². The van der Waals surface area contributed by atoms with Crippen molar-refractivity contribution in [3.05, 3.63) is 71.6 Å². The zero-order valence-electron chi connectivity index (χ0n) is 16.5. The molecule has 4 heterocycles. The van der Waals surface area contributed by atoms with Crippen LogP contribution in [0.4, 0.5) is 24.8 Å². The topological polar surface area (TPSA) is 92.7 Å². The van der Waals surface area contributed by atoms with E-state index < -0.39 is 17.9 Å². The Morgan fingerprint density at radius 3 is 2.65 bits per heavy atom. The largest absolute Gasteiger partial charge is 0.433 e. The molecule has 2 unspecified atom stereocenters. The maximum absolute atomic E-state index is 13.4. The van der Waals surface area contributed by atoms with Crippen LogP contribution in [0.5, 0.6) is 0 Å². The molecule has 160 valence electrons. The first kappa shape index (κ1) is 20.7. The van der Waals surface area contributed by atoms with Crippen LogP contribution in [0.1, 0.15) is 47.4 Å². The van der Waals surface area contributed by atoms with Gasteiger partial charge in [-0.1, -0.05) is 6.07 Å². The van der Waals surface area contributed by atoms with E-state index in [-0.39, 0.29) is 23.8 Å². The molecule has 1 amide bonds. The summed E-state index contributed by atoms with van der Waals surface area (Å²) in [6.45, 7) is 1.77. The molecule has 2 N–H and O–H groups in total. The lowest BCUT2D eigenvalue weighted by atomic mass is 9.83. The predicted molar refractivity (Wildman–Crippen MR) is 106 cm³/mol. The van der Waals surface area contributed by atoms with Crippen LogP contribution >= 0.6 is 0 Å². The molecule has 0 aliphatic carbocycles. The summed E-state index contributed by atoms with van der Waals surface area (Å²) in [5.41, 5.74) is -0.199. The number of nitrogens with zero attached hydrogens (tertiary/aromatic N) is 4. The minimum Gasteiger partial charge on any atom is -0.349 e. The first-order valence-corrected chi connectivity index (χ1v) is 9.63. The van der Waals surface area contributed by atoms with Crippen molar-refractivity contribution >= 4 is 17.5 Å². The zero-order valence-corrected chi connectivity index (χ0v) is 16.5. The van der Waals surface area contributed by atoms with Gasteiger partial charge in [0.15, 0.2) is 0 Å². The number of pyridine rings is 2. The Morgan fingerprint density at radius 1 is 1.06 bits per heavy atom. The smallest absolute Gasteiger partial charge is 0.349 e. The Bertz CT molecular complexity index is 1100. The monoisotopic (exact) mass is 428 g/mol. The van der Waals surface area contributed by atoms with Crippen molar-refractivity contribution in [3.63, 3.8) is 0 Å². The van der Waals surface area contributed by atoms with Crippen LogP contribution in [-0.2, 0) is 11.0 Å². The van der Waals surface area contributed by atoms with Crippen LogP contribution < -0.4 is 10.6 Å². The highest BCUT2D eigenvalue weighted by Crippen LogP contribution is 2.39. The highest BCUT2D eigenvalue weighted by molar-refractivity contribution is 5.78. The van der Waals surface area contributed by atoms with Crippen molar-refractivity contribution in [2.45, 2.75) is 37.9 Å². The summed E-state index contributed by atoms with van der Waals surface area (Å²) in [7, 11) is 0. The quantitative estimate of drug-likeness (QED) is 0.651. The maximum atomic E-state index is 13.4. The molecule has 0 radical (unpaired) electrons. The number of amides is 1.